The lowest BCUT2D eigenvalue weighted by atomic mass is 10.0. The zero-order chi connectivity index (χ0) is 26.2. The molecule has 0 heterocycles. The van der Waals surface area contributed by atoms with E-state index >= 15 is 0 Å². The van der Waals surface area contributed by atoms with E-state index in [0.29, 0.717) is 26.0 Å². The van der Waals surface area contributed by atoms with Crippen LogP contribution in [0.1, 0.15) is 37.3 Å². The Balaban J connectivity index is 1.92. The number of carbonyl (C=O) groups excluding carboxylic acids is 2. The number of rotatable bonds is 17. The van der Waals surface area contributed by atoms with Crippen LogP contribution in [-0.4, -0.2) is 51.0 Å². The highest BCUT2D eigenvalue weighted by Crippen LogP contribution is 2.15. The van der Waals surface area contributed by atoms with Crippen molar-refractivity contribution in [1.82, 2.24) is 10.4 Å². The van der Waals surface area contributed by atoms with Crippen LogP contribution in [0.4, 0.5) is 4.79 Å². The summed E-state index contributed by atoms with van der Waals surface area (Å²) in [5.41, 5.74) is 4.82. The number of ether oxygens (including phenoxy) is 3. The van der Waals surface area contributed by atoms with Gasteiger partial charge in [-0.25, -0.2) is 9.80 Å². The predicted molar refractivity (Wildman–Crippen MR) is 145 cm³/mol. The fourth-order valence-electron chi connectivity index (χ4n) is 3.59. The second kappa shape index (κ2) is 16.3. The summed E-state index contributed by atoms with van der Waals surface area (Å²) in [6.45, 7) is 10.7. The van der Waals surface area contributed by atoms with Gasteiger partial charge in [-0.3, -0.25) is 10.2 Å². The van der Waals surface area contributed by atoms with E-state index in [2.05, 4.69) is 25.1 Å². The molecule has 0 aromatic heterocycles. The Bertz CT molecular complexity index is 890. The average Bonchev–Trinajstić information content (AvgIpc) is 2.83. The molecule has 0 aliphatic carbocycles. The maximum Gasteiger partial charge on any atom is 0.422 e. The molecule has 198 valence electrons. The SMILES string of the molecule is CC(=O)CC(CCCOCOCC[Si](C)(C)C)N(Cc1ccccc1)NC(=O)OCc1ccccc1. The molecule has 0 saturated carbocycles. The number of hydrogen-bond acceptors (Lipinski definition) is 6. The number of carbonyl (C=O) groups is 2. The maximum atomic E-state index is 12.7. The quantitative estimate of drug-likeness (QED) is 0.125. The van der Waals surface area contributed by atoms with Crippen LogP contribution in [0.15, 0.2) is 60.7 Å². The Labute approximate surface area is 217 Å². The molecule has 36 heavy (non-hydrogen) atoms. The third kappa shape index (κ3) is 13.5. The monoisotopic (exact) mass is 514 g/mol. The normalized spacial score (nSPS) is 12.4. The molecule has 2 rings (SSSR count). The van der Waals surface area contributed by atoms with Gasteiger partial charge in [0, 0.05) is 40.3 Å². The van der Waals surface area contributed by atoms with Crippen molar-refractivity contribution in [3.05, 3.63) is 71.8 Å². The van der Waals surface area contributed by atoms with Gasteiger partial charge in [-0.15, -0.1) is 0 Å². The van der Waals surface area contributed by atoms with Crippen LogP contribution in [0.25, 0.3) is 0 Å². The maximum absolute atomic E-state index is 12.7. The number of Topliss-reactive ketones (excluding diaryl/α,β-unsaturated/α-hetero) is 1. The molecule has 0 aliphatic rings. The van der Waals surface area contributed by atoms with Crippen molar-refractivity contribution >= 4 is 20.0 Å². The molecule has 1 atom stereocenters. The van der Waals surface area contributed by atoms with Gasteiger partial charge < -0.3 is 14.2 Å². The Morgan fingerprint density at radius 1 is 0.917 bits per heavy atom. The molecule has 2 aromatic rings. The summed E-state index contributed by atoms with van der Waals surface area (Å²) in [5, 5.41) is 1.81. The molecule has 0 fully saturated rings. The molecule has 1 amide bonds. The van der Waals surface area contributed by atoms with Crippen molar-refractivity contribution in [2.75, 3.05) is 20.0 Å². The van der Waals surface area contributed by atoms with E-state index in [-0.39, 0.29) is 25.2 Å². The third-order valence-corrected chi connectivity index (χ3v) is 7.30. The molecule has 1 N–H and O–H groups in total. The Morgan fingerprint density at radius 3 is 2.14 bits per heavy atom. The van der Waals surface area contributed by atoms with Gasteiger partial charge in [0.05, 0.1) is 0 Å². The summed E-state index contributed by atoms with van der Waals surface area (Å²) < 4.78 is 16.7. The molecule has 7 nitrogen and oxygen atoms in total. The molecule has 1 unspecified atom stereocenters. The molecular formula is C28H42N2O5Si. The lowest BCUT2D eigenvalue weighted by Gasteiger charge is -2.31. The zero-order valence-corrected chi connectivity index (χ0v) is 23.2. The van der Waals surface area contributed by atoms with Gasteiger partial charge in [0.15, 0.2) is 0 Å². The number of amides is 1. The smallest absolute Gasteiger partial charge is 0.422 e. The van der Waals surface area contributed by atoms with Crippen molar-refractivity contribution in [1.29, 1.82) is 0 Å². The van der Waals surface area contributed by atoms with E-state index < -0.39 is 14.2 Å². The van der Waals surface area contributed by atoms with Crippen molar-refractivity contribution in [3.63, 3.8) is 0 Å². The topological polar surface area (TPSA) is 77.1 Å². The summed E-state index contributed by atoms with van der Waals surface area (Å²) in [6, 6.07) is 20.3. The summed E-state index contributed by atoms with van der Waals surface area (Å²) >= 11 is 0. The van der Waals surface area contributed by atoms with Crippen LogP contribution in [0, 0.1) is 0 Å². The lowest BCUT2D eigenvalue weighted by molar-refractivity contribution is -0.118. The zero-order valence-electron chi connectivity index (χ0n) is 22.2. The van der Waals surface area contributed by atoms with Gasteiger partial charge in [0.25, 0.3) is 0 Å². The van der Waals surface area contributed by atoms with Crippen LogP contribution >= 0.6 is 0 Å². The first-order valence-corrected chi connectivity index (χ1v) is 16.4. The van der Waals surface area contributed by atoms with Crippen LogP contribution in [-0.2, 0) is 32.2 Å². The van der Waals surface area contributed by atoms with Crippen LogP contribution in [0.3, 0.4) is 0 Å². The fraction of sp³-hybridized carbons (Fsp3) is 0.500. The second-order valence-electron chi connectivity index (χ2n) is 10.2. The summed E-state index contributed by atoms with van der Waals surface area (Å²) in [4.78, 5) is 24.7. The van der Waals surface area contributed by atoms with E-state index in [4.69, 9.17) is 14.2 Å². The minimum atomic E-state index is -1.11. The number of ketones is 1. The summed E-state index contributed by atoms with van der Waals surface area (Å²) in [5.74, 6) is 0.0631. The molecular weight excluding hydrogens is 472 g/mol. The largest absolute Gasteiger partial charge is 0.444 e. The van der Waals surface area contributed by atoms with E-state index in [9.17, 15) is 9.59 Å². The van der Waals surface area contributed by atoms with Crippen LogP contribution < -0.4 is 5.43 Å². The second-order valence-corrected chi connectivity index (χ2v) is 15.9. The van der Waals surface area contributed by atoms with Gasteiger partial charge >= 0.3 is 6.09 Å². The lowest BCUT2D eigenvalue weighted by Crippen LogP contribution is -2.49. The molecule has 0 bridgehead atoms. The predicted octanol–water partition coefficient (Wildman–Crippen LogP) is 5.79. The van der Waals surface area contributed by atoms with E-state index in [0.717, 1.165) is 30.2 Å². The van der Waals surface area contributed by atoms with E-state index in [1.807, 2.05) is 65.7 Å². The number of benzene rings is 2. The van der Waals surface area contributed by atoms with E-state index in [1.165, 1.54) is 0 Å². The molecule has 0 spiro atoms. The highest BCUT2D eigenvalue weighted by molar-refractivity contribution is 6.76. The van der Waals surface area contributed by atoms with Gasteiger partial charge in [-0.2, -0.15) is 0 Å². The Morgan fingerprint density at radius 2 is 1.53 bits per heavy atom. The van der Waals surface area contributed by atoms with Crippen molar-refractivity contribution < 1.29 is 23.8 Å². The number of hydrogen-bond donors (Lipinski definition) is 1. The van der Waals surface area contributed by atoms with Crippen LogP contribution in [0.2, 0.25) is 25.7 Å². The van der Waals surface area contributed by atoms with Crippen molar-refractivity contribution in [2.24, 2.45) is 0 Å². The van der Waals surface area contributed by atoms with Gasteiger partial charge in [-0.05, 0) is 36.9 Å². The van der Waals surface area contributed by atoms with Gasteiger partial charge in [0.2, 0.25) is 0 Å². The van der Waals surface area contributed by atoms with Crippen molar-refractivity contribution in [3.8, 4) is 0 Å². The molecule has 0 saturated heterocycles. The summed E-state index contributed by atoms with van der Waals surface area (Å²) in [6.07, 6.45) is 1.19. The molecule has 8 heteroatoms. The molecule has 0 radical (unpaired) electrons. The number of nitrogens with zero attached hydrogens (tertiary/aromatic N) is 1. The first-order valence-electron chi connectivity index (χ1n) is 12.7. The Kier molecular flexibility index (Phi) is 13.4. The minimum absolute atomic E-state index is 0.0631. The van der Waals surface area contributed by atoms with Gasteiger partial charge in [0.1, 0.15) is 19.2 Å². The van der Waals surface area contributed by atoms with Crippen LogP contribution in [0.5, 0.6) is 0 Å². The Hall–Kier alpha value is -2.52. The fourth-order valence-corrected chi connectivity index (χ4v) is 4.35. The first-order chi connectivity index (χ1) is 17.2. The van der Waals surface area contributed by atoms with E-state index in [1.54, 1.807) is 6.92 Å². The average molecular weight is 515 g/mol. The third-order valence-electron chi connectivity index (χ3n) is 5.60. The van der Waals surface area contributed by atoms with Gasteiger partial charge in [-0.1, -0.05) is 80.3 Å². The van der Waals surface area contributed by atoms with Crippen molar-refractivity contribution in [2.45, 2.75) is 71.1 Å². The number of hydrazine groups is 1. The molecule has 0 aliphatic heterocycles. The highest BCUT2D eigenvalue weighted by atomic mass is 28.3. The minimum Gasteiger partial charge on any atom is -0.444 e. The number of nitrogens with one attached hydrogen (secondary N) is 1. The first kappa shape index (κ1) is 29.7. The molecule has 2 aromatic carbocycles. The standard InChI is InChI=1S/C28H42N2O5Si/c1-24(31)20-27(16-11-17-33-23-34-18-19-36(2,3)4)30(21-25-12-7-5-8-13-25)29-28(32)35-22-26-14-9-6-10-15-26/h5-10,12-15,27H,11,16-23H2,1-4H3,(H,29,32). The summed E-state index contributed by atoms with van der Waals surface area (Å²) in [7, 11) is -1.11. The highest BCUT2D eigenvalue weighted by Gasteiger charge is 2.23.